The van der Waals surface area contributed by atoms with Gasteiger partial charge in [0.15, 0.2) is 0 Å². The molecule has 0 unspecified atom stereocenters. The number of rotatable bonds is 14. The van der Waals surface area contributed by atoms with Crippen LogP contribution in [0.2, 0.25) is 5.02 Å². The summed E-state index contributed by atoms with van der Waals surface area (Å²) in [6.07, 6.45) is 2.07. The standard InChI is InChI=1S/C31H38ClN3O5S/c1-5-7-19-33-31(37)28(6-2)34(21-24-14-17-26(40-4)18-15-24)30(36)22-35(29-20-25(32)16-13-23(29)3)41(38,39)27-11-9-8-10-12-27/h8-18,20,28H,5-7,19,21-22H2,1-4H3,(H,33,37)/t28-/m0/s1. The highest BCUT2D eigenvalue weighted by atomic mass is 35.5. The maximum atomic E-state index is 14.1. The van der Waals surface area contributed by atoms with Crippen LogP contribution in [0.3, 0.4) is 0 Å². The van der Waals surface area contributed by atoms with E-state index >= 15 is 0 Å². The van der Waals surface area contributed by atoms with E-state index in [2.05, 4.69) is 5.32 Å². The molecular formula is C31H38ClN3O5S. The first-order valence-corrected chi connectivity index (χ1v) is 15.5. The number of methoxy groups -OCH3 is 1. The number of sulfonamides is 1. The molecule has 3 rings (SSSR count). The van der Waals surface area contributed by atoms with Crippen LogP contribution in [0.15, 0.2) is 77.7 Å². The van der Waals surface area contributed by atoms with Crippen molar-refractivity contribution in [2.45, 2.75) is 57.5 Å². The van der Waals surface area contributed by atoms with Gasteiger partial charge in [-0.2, -0.15) is 0 Å². The van der Waals surface area contributed by atoms with Gasteiger partial charge >= 0.3 is 0 Å². The van der Waals surface area contributed by atoms with Gasteiger partial charge in [0.2, 0.25) is 11.8 Å². The number of hydrogen-bond donors (Lipinski definition) is 1. The number of amides is 2. The third-order valence-electron chi connectivity index (χ3n) is 6.78. The summed E-state index contributed by atoms with van der Waals surface area (Å²) in [6, 6.07) is 19.2. The lowest BCUT2D eigenvalue weighted by atomic mass is 10.1. The molecule has 0 heterocycles. The monoisotopic (exact) mass is 599 g/mol. The van der Waals surface area contributed by atoms with Gasteiger partial charge in [-0.25, -0.2) is 8.42 Å². The maximum Gasteiger partial charge on any atom is 0.264 e. The molecule has 0 spiro atoms. The van der Waals surface area contributed by atoms with Gasteiger partial charge in [0.05, 0.1) is 17.7 Å². The van der Waals surface area contributed by atoms with Crippen LogP contribution in [0.5, 0.6) is 5.75 Å². The summed E-state index contributed by atoms with van der Waals surface area (Å²) < 4.78 is 34.2. The summed E-state index contributed by atoms with van der Waals surface area (Å²) in [4.78, 5) is 28.9. The lowest BCUT2D eigenvalue weighted by molar-refractivity contribution is -0.140. The predicted molar refractivity (Wildman–Crippen MR) is 163 cm³/mol. The first-order valence-electron chi connectivity index (χ1n) is 13.7. The number of ether oxygens (including phenoxy) is 1. The summed E-state index contributed by atoms with van der Waals surface area (Å²) in [5.74, 6) is -0.135. The molecule has 0 radical (unpaired) electrons. The lowest BCUT2D eigenvalue weighted by Gasteiger charge is -2.33. The first kappa shape index (κ1) is 32.0. The van der Waals surface area contributed by atoms with E-state index in [0.29, 0.717) is 35.0 Å². The Hall–Kier alpha value is -3.56. The Balaban J connectivity index is 2.06. The van der Waals surface area contributed by atoms with Crippen molar-refractivity contribution in [1.82, 2.24) is 10.2 Å². The number of unbranched alkanes of at least 4 members (excludes halogenated alkanes) is 1. The van der Waals surface area contributed by atoms with E-state index in [9.17, 15) is 18.0 Å². The maximum absolute atomic E-state index is 14.1. The van der Waals surface area contributed by atoms with E-state index in [0.717, 1.165) is 22.7 Å². The zero-order chi connectivity index (χ0) is 30.0. The number of halogens is 1. The highest BCUT2D eigenvalue weighted by molar-refractivity contribution is 7.92. The van der Waals surface area contributed by atoms with Crippen LogP contribution >= 0.6 is 11.6 Å². The SMILES string of the molecule is CCCCNC(=O)[C@H](CC)N(Cc1ccc(OC)cc1)C(=O)CN(c1cc(Cl)ccc1C)S(=O)(=O)c1ccccc1. The fourth-order valence-electron chi connectivity index (χ4n) is 4.44. The molecule has 3 aromatic carbocycles. The van der Waals surface area contributed by atoms with E-state index in [1.54, 1.807) is 56.5 Å². The average Bonchev–Trinajstić information content (AvgIpc) is 2.98. The molecule has 0 saturated heterocycles. The smallest absolute Gasteiger partial charge is 0.264 e. The second kappa shape index (κ2) is 14.9. The molecule has 10 heteroatoms. The zero-order valence-corrected chi connectivity index (χ0v) is 25.5. The largest absolute Gasteiger partial charge is 0.497 e. The summed E-state index contributed by atoms with van der Waals surface area (Å²) in [5.41, 5.74) is 1.70. The minimum Gasteiger partial charge on any atom is -0.497 e. The minimum atomic E-state index is -4.16. The fraction of sp³-hybridized carbons (Fsp3) is 0.355. The number of nitrogens with zero attached hydrogens (tertiary/aromatic N) is 2. The van der Waals surface area contributed by atoms with Gasteiger partial charge in [0, 0.05) is 18.1 Å². The molecular weight excluding hydrogens is 562 g/mol. The van der Waals surface area contributed by atoms with Gasteiger partial charge in [0.25, 0.3) is 10.0 Å². The number of carbonyl (C=O) groups is 2. The Bertz CT molecular complexity index is 1420. The lowest BCUT2D eigenvalue weighted by Crippen LogP contribution is -2.52. The summed E-state index contributed by atoms with van der Waals surface area (Å²) in [6.45, 7) is 5.70. The summed E-state index contributed by atoms with van der Waals surface area (Å²) in [5, 5.41) is 3.27. The van der Waals surface area contributed by atoms with Gasteiger partial charge in [-0.05, 0) is 67.3 Å². The molecule has 2 amide bonds. The normalized spacial score (nSPS) is 11.9. The Morgan fingerprint density at radius 3 is 2.29 bits per heavy atom. The molecule has 1 N–H and O–H groups in total. The van der Waals surface area contributed by atoms with E-state index in [4.69, 9.17) is 16.3 Å². The van der Waals surface area contributed by atoms with Crippen molar-refractivity contribution >= 4 is 39.1 Å². The Kier molecular flexibility index (Phi) is 11.6. The third kappa shape index (κ3) is 8.24. The number of benzene rings is 3. The van der Waals surface area contributed by atoms with E-state index in [1.165, 1.54) is 23.1 Å². The topological polar surface area (TPSA) is 96.0 Å². The van der Waals surface area contributed by atoms with Crippen molar-refractivity contribution in [2.75, 3.05) is 24.5 Å². The van der Waals surface area contributed by atoms with Crippen molar-refractivity contribution in [3.63, 3.8) is 0 Å². The quantitative estimate of drug-likeness (QED) is 0.244. The Morgan fingerprint density at radius 1 is 1.00 bits per heavy atom. The van der Waals surface area contributed by atoms with Crippen LogP contribution in [0.25, 0.3) is 0 Å². The van der Waals surface area contributed by atoms with Crippen molar-refractivity contribution in [2.24, 2.45) is 0 Å². The second-order valence-corrected chi connectivity index (χ2v) is 12.0. The van der Waals surface area contributed by atoms with E-state index in [1.807, 2.05) is 26.0 Å². The van der Waals surface area contributed by atoms with Crippen molar-refractivity contribution in [3.8, 4) is 5.75 Å². The van der Waals surface area contributed by atoms with Crippen LogP contribution in [0, 0.1) is 6.92 Å². The van der Waals surface area contributed by atoms with Gasteiger partial charge in [0.1, 0.15) is 18.3 Å². The summed E-state index contributed by atoms with van der Waals surface area (Å²) in [7, 11) is -2.60. The molecule has 0 fully saturated rings. The van der Waals surface area contributed by atoms with E-state index in [-0.39, 0.29) is 17.3 Å². The molecule has 1 atom stereocenters. The highest BCUT2D eigenvalue weighted by Gasteiger charge is 2.34. The number of carbonyl (C=O) groups excluding carboxylic acids is 2. The molecule has 0 saturated carbocycles. The zero-order valence-electron chi connectivity index (χ0n) is 24.0. The first-order chi connectivity index (χ1) is 19.6. The molecule has 0 bridgehead atoms. The number of hydrogen-bond acceptors (Lipinski definition) is 5. The number of aryl methyl sites for hydroxylation is 1. The fourth-order valence-corrected chi connectivity index (χ4v) is 6.10. The van der Waals surface area contributed by atoms with Crippen molar-refractivity contribution in [1.29, 1.82) is 0 Å². The Morgan fingerprint density at radius 2 is 1.68 bits per heavy atom. The number of nitrogens with one attached hydrogen (secondary N) is 1. The molecule has 0 aliphatic carbocycles. The average molecular weight is 600 g/mol. The molecule has 3 aromatic rings. The molecule has 41 heavy (non-hydrogen) atoms. The minimum absolute atomic E-state index is 0.0400. The van der Waals surface area contributed by atoms with Crippen molar-refractivity contribution < 1.29 is 22.7 Å². The molecule has 8 nitrogen and oxygen atoms in total. The molecule has 220 valence electrons. The van der Waals surface area contributed by atoms with Gasteiger partial charge in [-0.15, -0.1) is 0 Å². The van der Waals surface area contributed by atoms with E-state index < -0.39 is 28.5 Å². The van der Waals surface area contributed by atoms with Crippen LogP contribution in [-0.4, -0.2) is 51.4 Å². The van der Waals surface area contributed by atoms with Crippen LogP contribution in [-0.2, 0) is 26.2 Å². The van der Waals surface area contributed by atoms with Gasteiger partial charge < -0.3 is 15.0 Å². The summed E-state index contributed by atoms with van der Waals surface area (Å²) >= 11 is 6.28. The highest BCUT2D eigenvalue weighted by Crippen LogP contribution is 2.30. The molecule has 0 aliphatic rings. The Labute approximate surface area is 248 Å². The van der Waals surface area contributed by atoms with Crippen LogP contribution in [0.1, 0.15) is 44.2 Å². The van der Waals surface area contributed by atoms with Gasteiger partial charge in [-0.1, -0.05) is 68.3 Å². The third-order valence-corrected chi connectivity index (χ3v) is 8.79. The second-order valence-electron chi connectivity index (χ2n) is 9.69. The predicted octanol–water partition coefficient (Wildman–Crippen LogP) is 5.58. The van der Waals surface area contributed by atoms with Crippen LogP contribution < -0.4 is 14.4 Å². The number of anilines is 1. The van der Waals surface area contributed by atoms with Crippen molar-refractivity contribution in [3.05, 3.63) is 88.9 Å². The molecule has 0 aromatic heterocycles. The van der Waals surface area contributed by atoms with Crippen LogP contribution in [0.4, 0.5) is 5.69 Å². The molecule has 0 aliphatic heterocycles. The van der Waals surface area contributed by atoms with Gasteiger partial charge in [-0.3, -0.25) is 13.9 Å².